The normalized spacial score (nSPS) is 10.6. The fourth-order valence-electron chi connectivity index (χ4n) is 1.21. The molecule has 13 heavy (non-hydrogen) atoms. The van der Waals surface area contributed by atoms with Crippen molar-refractivity contribution in [2.75, 3.05) is 0 Å². The second kappa shape index (κ2) is 2.65. The minimum atomic E-state index is -0.469. The van der Waals surface area contributed by atoms with E-state index in [1.54, 1.807) is 6.07 Å². The smallest absolute Gasteiger partial charge is 0.159 e. The van der Waals surface area contributed by atoms with Crippen LogP contribution in [0.5, 0.6) is 0 Å². The zero-order chi connectivity index (χ0) is 9.42. The van der Waals surface area contributed by atoms with Gasteiger partial charge in [0.05, 0.1) is 11.8 Å². The zero-order valence-electron chi connectivity index (χ0n) is 6.97. The third kappa shape index (κ3) is 1.20. The van der Waals surface area contributed by atoms with Crippen molar-refractivity contribution in [3.63, 3.8) is 0 Å². The highest BCUT2D eigenvalue weighted by molar-refractivity contribution is 5.97. The van der Waals surface area contributed by atoms with E-state index in [4.69, 9.17) is 0 Å². The minimum Gasteiger partial charge on any atom is -0.344 e. The number of Topliss-reactive ketones (excluding diaryl/α,β-unsaturated/α-hetero) is 1. The van der Waals surface area contributed by atoms with Gasteiger partial charge in [-0.2, -0.15) is 0 Å². The quantitative estimate of drug-likeness (QED) is 0.678. The maximum absolute atomic E-state index is 13.2. The first kappa shape index (κ1) is 7.91. The lowest BCUT2D eigenvalue weighted by Gasteiger charge is -1.96. The predicted molar refractivity (Wildman–Crippen MR) is 46.1 cm³/mol. The Morgan fingerprint density at radius 2 is 2.31 bits per heavy atom. The number of ketones is 1. The van der Waals surface area contributed by atoms with Gasteiger partial charge in [0.2, 0.25) is 0 Å². The molecule has 0 unspecified atom stereocenters. The molecule has 0 aliphatic rings. The summed E-state index contributed by atoms with van der Waals surface area (Å²) in [5, 5.41) is 0. The van der Waals surface area contributed by atoms with E-state index in [2.05, 4.69) is 9.97 Å². The molecule has 0 bridgehead atoms. The van der Waals surface area contributed by atoms with Crippen molar-refractivity contribution in [1.29, 1.82) is 0 Å². The molecule has 1 heterocycles. The van der Waals surface area contributed by atoms with Crippen LogP contribution < -0.4 is 0 Å². The highest BCUT2D eigenvalue weighted by Gasteiger charge is 2.07. The topological polar surface area (TPSA) is 45.8 Å². The molecule has 0 saturated carbocycles. The SMILES string of the molecule is CC(=O)c1cc(F)c2nc[nH]c2c1. The van der Waals surface area contributed by atoms with Gasteiger partial charge in [0.25, 0.3) is 0 Å². The van der Waals surface area contributed by atoms with Gasteiger partial charge in [-0.25, -0.2) is 9.37 Å². The lowest BCUT2D eigenvalue weighted by molar-refractivity contribution is 0.101. The summed E-state index contributed by atoms with van der Waals surface area (Å²) in [6, 6.07) is 2.79. The molecule has 2 aromatic rings. The fraction of sp³-hybridized carbons (Fsp3) is 0.111. The molecule has 4 heteroatoms. The van der Waals surface area contributed by atoms with Gasteiger partial charge in [-0.15, -0.1) is 0 Å². The number of imidazole rings is 1. The first-order chi connectivity index (χ1) is 6.18. The van der Waals surface area contributed by atoms with Gasteiger partial charge >= 0.3 is 0 Å². The number of hydrogen-bond donors (Lipinski definition) is 1. The molecule has 0 radical (unpaired) electrons. The average Bonchev–Trinajstić information content (AvgIpc) is 2.51. The molecule has 1 aromatic carbocycles. The Balaban J connectivity index is 2.77. The summed E-state index contributed by atoms with van der Waals surface area (Å²) in [4.78, 5) is 17.5. The van der Waals surface area contributed by atoms with Crippen LogP contribution in [0.4, 0.5) is 4.39 Å². The molecule has 1 aromatic heterocycles. The zero-order valence-corrected chi connectivity index (χ0v) is 6.97. The van der Waals surface area contributed by atoms with Gasteiger partial charge in [-0.1, -0.05) is 0 Å². The molecule has 2 rings (SSSR count). The van der Waals surface area contributed by atoms with Crippen LogP contribution in [0.25, 0.3) is 11.0 Å². The summed E-state index contributed by atoms with van der Waals surface area (Å²) in [6.45, 7) is 1.40. The largest absolute Gasteiger partial charge is 0.344 e. The average molecular weight is 178 g/mol. The van der Waals surface area contributed by atoms with Crippen LogP contribution in [-0.2, 0) is 0 Å². The van der Waals surface area contributed by atoms with Gasteiger partial charge < -0.3 is 4.98 Å². The molecular formula is C9H7FN2O. The number of carbonyl (C=O) groups is 1. The van der Waals surface area contributed by atoms with Gasteiger partial charge in [0.15, 0.2) is 11.6 Å². The number of benzene rings is 1. The van der Waals surface area contributed by atoms with Crippen molar-refractivity contribution in [1.82, 2.24) is 9.97 Å². The lowest BCUT2D eigenvalue weighted by Crippen LogP contribution is -1.93. The number of halogens is 1. The fourth-order valence-corrected chi connectivity index (χ4v) is 1.21. The van der Waals surface area contributed by atoms with Gasteiger partial charge in [0, 0.05) is 5.56 Å². The van der Waals surface area contributed by atoms with E-state index in [1.807, 2.05) is 0 Å². The van der Waals surface area contributed by atoms with Crippen LogP contribution >= 0.6 is 0 Å². The Hall–Kier alpha value is -1.71. The third-order valence-corrected chi connectivity index (χ3v) is 1.88. The molecular weight excluding hydrogens is 171 g/mol. The van der Waals surface area contributed by atoms with Crippen molar-refractivity contribution in [3.8, 4) is 0 Å². The van der Waals surface area contributed by atoms with Gasteiger partial charge in [-0.05, 0) is 19.1 Å². The Morgan fingerprint density at radius 3 is 3.00 bits per heavy atom. The van der Waals surface area contributed by atoms with E-state index in [0.29, 0.717) is 11.1 Å². The third-order valence-electron chi connectivity index (χ3n) is 1.88. The second-order valence-electron chi connectivity index (χ2n) is 2.81. The molecule has 1 N–H and O–H groups in total. The van der Waals surface area contributed by atoms with Crippen molar-refractivity contribution in [2.24, 2.45) is 0 Å². The molecule has 3 nitrogen and oxygen atoms in total. The van der Waals surface area contributed by atoms with E-state index in [0.717, 1.165) is 0 Å². The molecule has 0 atom stereocenters. The van der Waals surface area contributed by atoms with Crippen LogP contribution in [0.3, 0.4) is 0 Å². The molecule has 0 fully saturated rings. The monoisotopic (exact) mass is 178 g/mol. The number of carbonyl (C=O) groups excluding carboxylic acids is 1. The van der Waals surface area contributed by atoms with Crippen molar-refractivity contribution < 1.29 is 9.18 Å². The number of hydrogen-bond acceptors (Lipinski definition) is 2. The van der Waals surface area contributed by atoms with Crippen molar-refractivity contribution >= 4 is 16.8 Å². The molecule has 0 aliphatic heterocycles. The Morgan fingerprint density at radius 1 is 1.54 bits per heavy atom. The second-order valence-corrected chi connectivity index (χ2v) is 2.81. The van der Waals surface area contributed by atoms with Gasteiger partial charge in [-0.3, -0.25) is 4.79 Å². The maximum Gasteiger partial charge on any atom is 0.159 e. The van der Waals surface area contributed by atoms with Crippen LogP contribution in [0.1, 0.15) is 17.3 Å². The standard InChI is InChI=1S/C9H7FN2O/c1-5(13)6-2-7(10)9-8(3-6)11-4-12-9/h2-4H,1H3,(H,11,12). The predicted octanol–water partition coefficient (Wildman–Crippen LogP) is 1.90. The summed E-state index contributed by atoms with van der Waals surface area (Å²) in [5.41, 5.74) is 1.17. The van der Waals surface area contributed by atoms with Crippen LogP contribution in [0.2, 0.25) is 0 Å². The van der Waals surface area contributed by atoms with E-state index in [1.165, 1.54) is 19.3 Å². The summed E-state index contributed by atoms with van der Waals surface area (Å²) < 4.78 is 13.2. The molecule has 66 valence electrons. The maximum atomic E-state index is 13.2. The number of H-pyrrole nitrogens is 1. The number of rotatable bonds is 1. The highest BCUT2D eigenvalue weighted by atomic mass is 19.1. The summed E-state index contributed by atoms with van der Waals surface area (Å²) in [5.74, 6) is -0.626. The number of nitrogens with one attached hydrogen (secondary N) is 1. The number of fused-ring (bicyclic) bond motifs is 1. The van der Waals surface area contributed by atoms with Crippen molar-refractivity contribution in [3.05, 3.63) is 29.8 Å². The van der Waals surface area contributed by atoms with Crippen LogP contribution in [0.15, 0.2) is 18.5 Å². The van der Waals surface area contributed by atoms with E-state index in [-0.39, 0.29) is 11.3 Å². The first-order valence-corrected chi connectivity index (χ1v) is 3.82. The van der Waals surface area contributed by atoms with Crippen molar-refractivity contribution in [2.45, 2.75) is 6.92 Å². The number of aromatic amines is 1. The Kier molecular flexibility index (Phi) is 1.62. The molecule has 0 saturated heterocycles. The van der Waals surface area contributed by atoms with E-state index >= 15 is 0 Å². The van der Waals surface area contributed by atoms with Gasteiger partial charge in [0.1, 0.15) is 5.52 Å². The summed E-state index contributed by atoms with van der Waals surface area (Å²) in [7, 11) is 0. The minimum absolute atomic E-state index is 0.157. The molecule has 0 aliphatic carbocycles. The Bertz CT molecular complexity index is 475. The Labute approximate surface area is 73.6 Å². The van der Waals surface area contributed by atoms with E-state index < -0.39 is 5.82 Å². The lowest BCUT2D eigenvalue weighted by atomic mass is 10.1. The highest BCUT2D eigenvalue weighted by Crippen LogP contribution is 2.16. The van der Waals surface area contributed by atoms with Crippen LogP contribution in [0, 0.1) is 5.82 Å². The number of nitrogens with zero attached hydrogens (tertiary/aromatic N) is 1. The van der Waals surface area contributed by atoms with Crippen LogP contribution in [-0.4, -0.2) is 15.8 Å². The first-order valence-electron chi connectivity index (χ1n) is 3.82. The summed E-state index contributed by atoms with van der Waals surface area (Å²) >= 11 is 0. The number of aromatic nitrogens is 2. The summed E-state index contributed by atoms with van der Waals surface area (Å²) in [6.07, 6.45) is 1.40. The molecule has 0 spiro atoms. The van der Waals surface area contributed by atoms with E-state index in [9.17, 15) is 9.18 Å². The molecule has 0 amide bonds.